The molecule has 1 aromatic heterocycles. The molecule has 1 saturated carbocycles. The molecule has 3 aliphatic rings. The summed E-state index contributed by atoms with van der Waals surface area (Å²) in [6, 6.07) is 7.32. The van der Waals surface area contributed by atoms with Gasteiger partial charge >= 0.3 is 12.2 Å². The third-order valence-corrected chi connectivity index (χ3v) is 7.51. The Bertz CT molecular complexity index is 1280. The fraction of sp³-hybridized carbons (Fsp3) is 0.423. The van der Waals surface area contributed by atoms with Crippen LogP contribution in [0.3, 0.4) is 0 Å². The Labute approximate surface area is 224 Å². The molecule has 0 unspecified atom stereocenters. The molecule has 0 radical (unpaired) electrons. The first-order valence-corrected chi connectivity index (χ1v) is 12.9. The lowest BCUT2D eigenvalue weighted by molar-refractivity contribution is -0.141. The molecule has 1 aliphatic carbocycles. The SMILES string of the molecule is CN(C(=O)O)c1ccc(C(=O)N[C@@H](CC2CC2)C(=O)N2CCC[C@@]3(C2)OC(=O)Nc2ccc(Cl)cc23)cn1. The maximum Gasteiger partial charge on any atom is 0.412 e. The van der Waals surface area contributed by atoms with E-state index in [4.69, 9.17) is 21.4 Å². The van der Waals surface area contributed by atoms with Crippen LogP contribution in [0.2, 0.25) is 5.02 Å². The van der Waals surface area contributed by atoms with Crippen LogP contribution in [-0.4, -0.2) is 65.2 Å². The maximum atomic E-state index is 13.8. The van der Waals surface area contributed by atoms with Gasteiger partial charge in [-0.25, -0.2) is 14.6 Å². The van der Waals surface area contributed by atoms with Crippen molar-refractivity contribution in [3.8, 4) is 0 Å². The standard InChI is InChI=1S/C26H28ClN5O6/c1-31(25(36)37)21-8-5-16(13-28-21)22(33)29-20(11-15-3-4-15)23(34)32-10-2-9-26(14-32)18-12-17(27)6-7-19(18)30-24(35)38-26/h5-8,12-13,15,20H,2-4,9-11,14H2,1H3,(H,29,33)(H,30,35)(H,36,37)/t20-,26-/m0/s1. The minimum atomic E-state index is -1.17. The van der Waals surface area contributed by atoms with E-state index in [9.17, 15) is 19.2 Å². The van der Waals surface area contributed by atoms with Gasteiger partial charge in [0.2, 0.25) is 5.91 Å². The molecule has 1 saturated heterocycles. The number of ether oxygens (including phenoxy) is 1. The average molecular weight is 542 g/mol. The molecular formula is C26H28ClN5O6. The molecule has 3 heterocycles. The summed E-state index contributed by atoms with van der Waals surface area (Å²) in [5.74, 6) is -0.185. The van der Waals surface area contributed by atoms with Gasteiger partial charge in [0.15, 0.2) is 5.60 Å². The highest BCUT2D eigenvalue weighted by Gasteiger charge is 2.47. The number of amides is 4. The largest absolute Gasteiger partial charge is 0.465 e. The molecule has 4 amide bonds. The predicted molar refractivity (Wildman–Crippen MR) is 138 cm³/mol. The number of piperidine rings is 1. The zero-order chi connectivity index (χ0) is 27.0. The van der Waals surface area contributed by atoms with Crippen LogP contribution < -0.4 is 15.5 Å². The van der Waals surface area contributed by atoms with Crippen molar-refractivity contribution < 1.29 is 29.0 Å². The fourth-order valence-corrected chi connectivity index (χ4v) is 5.24. The number of pyridine rings is 1. The number of carbonyl (C=O) groups is 4. The molecule has 3 N–H and O–H groups in total. The molecule has 38 heavy (non-hydrogen) atoms. The van der Waals surface area contributed by atoms with E-state index >= 15 is 0 Å². The third-order valence-electron chi connectivity index (χ3n) is 7.27. The third kappa shape index (κ3) is 5.24. The molecule has 200 valence electrons. The molecule has 2 aromatic rings. The van der Waals surface area contributed by atoms with Gasteiger partial charge in [-0.2, -0.15) is 0 Å². The van der Waals surface area contributed by atoms with Gasteiger partial charge in [0.1, 0.15) is 11.9 Å². The lowest BCUT2D eigenvalue weighted by Gasteiger charge is -2.45. The number of anilines is 2. The number of carboxylic acid groups (broad SMARTS) is 1. The topological polar surface area (TPSA) is 141 Å². The lowest BCUT2D eigenvalue weighted by atomic mass is 9.83. The van der Waals surface area contributed by atoms with E-state index in [0.717, 1.165) is 23.3 Å². The zero-order valence-corrected chi connectivity index (χ0v) is 21.5. The van der Waals surface area contributed by atoms with Gasteiger partial charge in [0, 0.05) is 30.4 Å². The second-order valence-corrected chi connectivity index (χ2v) is 10.5. The van der Waals surface area contributed by atoms with E-state index < -0.39 is 29.7 Å². The van der Waals surface area contributed by atoms with Crippen LogP contribution in [0.25, 0.3) is 0 Å². The summed E-state index contributed by atoms with van der Waals surface area (Å²) >= 11 is 6.25. The smallest absolute Gasteiger partial charge is 0.412 e. The summed E-state index contributed by atoms with van der Waals surface area (Å²) in [5.41, 5.74) is 0.516. The van der Waals surface area contributed by atoms with E-state index in [-0.39, 0.29) is 23.8 Å². The normalized spacial score (nSPS) is 21.1. The summed E-state index contributed by atoms with van der Waals surface area (Å²) in [7, 11) is 1.35. The van der Waals surface area contributed by atoms with Crippen LogP contribution in [0.4, 0.5) is 21.1 Å². The van der Waals surface area contributed by atoms with Crippen molar-refractivity contribution in [2.75, 3.05) is 30.4 Å². The Balaban J connectivity index is 1.34. The van der Waals surface area contributed by atoms with Crippen LogP contribution in [-0.2, 0) is 15.1 Å². The number of aromatic nitrogens is 1. The van der Waals surface area contributed by atoms with E-state index in [2.05, 4.69) is 15.6 Å². The molecule has 12 heteroatoms. The van der Waals surface area contributed by atoms with E-state index in [1.54, 1.807) is 23.1 Å². The van der Waals surface area contributed by atoms with Gasteiger partial charge in [0.05, 0.1) is 17.8 Å². The van der Waals surface area contributed by atoms with Crippen LogP contribution in [0.15, 0.2) is 36.5 Å². The molecular weight excluding hydrogens is 514 g/mol. The second-order valence-electron chi connectivity index (χ2n) is 10.0. The molecule has 2 aliphatic heterocycles. The Kier molecular flexibility index (Phi) is 6.87. The number of fused-ring (bicyclic) bond motifs is 2. The maximum absolute atomic E-state index is 13.8. The van der Waals surface area contributed by atoms with Gasteiger partial charge in [-0.05, 0) is 55.5 Å². The van der Waals surface area contributed by atoms with Crippen LogP contribution in [0.5, 0.6) is 0 Å². The summed E-state index contributed by atoms with van der Waals surface area (Å²) < 4.78 is 5.80. The van der Waals surface area contributed by atoms with Gasteiger partial charge in [0.25, 0.3) is 5.91 Å². The Hall–Kier alpha value is -3.86. The highest BCUT2D eigenvalue weighted by Crippen LogP contribution is 2.43. The number of halogens is 1. The van der Waals surface area contributed by atoms with Crippen molar-refractivity contribution in [1.29, 1.82) is 0 Å². The minimum Gasteiger partial charge on any atom is -0.465 e. The van der Waals surface area contributed by atoms with Crippen LogP contribution >= 0.6 is 11.6 Å². The number of hydrogen-bond acceptors (Lipinski definition) is 6. The first-order chi connectivity index (χ1) is 18.1. The monoisotopic (exact) mass is 541 g/mol. The Morgan fingerprint density at radius 3 is 2.79 bits per heavy atom. The van der Waals surface area contributed by atoms with Crippen molar-refractivity contribution in [3.05, 3.63) is 52.7 Å². The molecule has 1 aromatic carbocycles. The second kappa shape index (κ2) is 10.1. The number of nitrogens with one attached hydrogen (secondary N) is 2. The van der Waals surface area contributed by atoms with E-state index in [0.29, 0.717) is 42.4 Å². The van der Waals surface area contributed by atoms with E-state index in [1.807, 2.05) is 0 Å². The van der Waals surface area contributed by atoms with E-state index in [1.165, 1.54) is 25.4 Å². The van der Waals surface area contributed by atoms with Crippen molar-refractivity contribution in [2.45, 2.75) is 43.7 Å². The minimum absolute atomic E-state index is 0.154. The number of likely N-dealkylation sites (tertiary alicyclic amines) is 1. The van der Waals surface area contributed by atoms with Gasteiger partial charge in [-0.15, -0.1) is 0 Å². The molecule has 2 atom stereocenters. The first kappa shape index (κ1) is 25.8. The molecule has 1 spiro atoms. The summed E-state index contributed by atoms with van der Waals surface area (Å²) in [6.45, 7) is 0.623. The average Bonchev–Trinajstić information content (AvgIpc) is 3.72. The number of rotatable bonds is 6. The Morgan fingerprint density at radius 2 is 2.11 bits per heavy atom. The van der Waals surface area contributed by atoms with Crippen molar-refractivity contribution in [1.82, 2.24) is 15.2 Å². The zero-order valence-electron chi connectivity index (χ0n) is 20.8. The highest BCUT2D eigenvalue weighted by molar-refractivity contribution is 6.30. The van der Waals surface area contributed by atoms with Crippen LogP contribution in [0, 0.1) is 5.92 Å². The first-order valence-electron chi connectivity index (χ1n) is 12.5. The Morgan fingerprint density at radius 1 is 1.32 bits per heavy atom. The molecule has 5 rings (SSSR count). The van der Waals surface area contributed by atoms with Crippen LogP contribution in [0.1, 0.15) is 48.0 Å². The molecule has 2 fully saturated rings. The van der Waals surface area contributed by atoms with Gasteiger partial charge in [-0.3, -0.25) is 19.8 Å². The lowest BCUT2D eigenvalue weighted by Crippen LogP contribution is -2.57. The van der Waals surface area contributed by atoms with Gasteiger partial charge in [-0.1, -0.05) is 24.4 Å². The number of hydrogen-bond donors (Lipinski definition) is 3. The molecule has 11 nitrogen and oxygen atoms in total. The predicted octanol–water partition coefficient (Wildman–Crippen LogP) is 3.83. The summed E-state index contributed by atoms with van der Waals surface area (Å²) in [4.78, 5) is 57.0. The number of nitrogens with zero attached hydrogens (tertiary/aromatic N) is 3. The quantitative estimate of drug-likeness (QED) is 0.504. The number of carbonyl (C=O) groups excluding carboxylic acids is 3. The highest BCUT2D eigenvalue weighted by atomic mass is 35.5. The fourth-order valence-electron chi connectivity index (χ4n) is 5.07. The summed E-state index contributed by atoms with van der Waals surface area (Å²) in [6.07, 6.45) is 3.18. The van der Waals surface area contributed by atoms with Gasteiger partial charge < -0.3 is 20.1 Å². The summed E-state index contributed by atoms with van der Waals surface area (Å²) in [5, 5.41) is 15.2. The van der Waals surface area contributed by atoms with Crippen molar-refractivity contribution >= 4 is 47.1 Å². The van der Waals surface area contributed by atoms with Crippen molar-refractivity contribution in [2.24, 2.45) is 5.92 Å². The van der Waals surface area contributed by atoms with Crippen molar-refractivity contribution in [3.63, 3.8) is 0 Å². The molecule has 0 bridgehead atoms. The number of benzene rings is 1.